The third-order valence-electron chi connectivity index (χ3n) is 2.21. The van der Waals surface area contributed by atoms with Crippen molar-refractivity contribution < 1.29 is 18.9 Å². The van der Waals surface area contributed by atoms with Gasteiger partial charge in [0, 0.05) is 6.42 Å². The summed E-state index contributed by atoms with van der Waals surface area (Å²) in [7, 11) is 0. The maximum absolute atomic E-state index is 5.50. The first-order chi connectivity index (χ1) is 6.45. The van der Waals surface area contributed by atoms with E-state index in [0.29, 0.717) is 12.7 Å². The summed E-state index contributed by atoms with van der Waals surface area (Å²) in [5.41, 5.74) is 0. The zero-order chi connectivity index (χ0) is 8.93. The van der Waals surface area contributed by atoms with E-state index in [0.717, 1.165) is 39.3 Å². The van der Waals surface area contributed by atoms with Gasteiger partial charge in [0.15, 0.2) is 6.29 Å². The lowest BCUT2D eigenvalue weighted by atomic mass is 10.3. The standard InChI is InChI=1S/C9H16O4/c1-3-12-9(13-4-1)2-5-11-8-6-10-7-8/h8-9H,1-7H2. The van der Waals surface area contributed by atoms with E-state index < -0.39 is 0 Å². The first-order valence-electron chi connectivity index (χ1n) is 4.88. The predicted molar refractivity (Wildman–Crippen MR) is 45.5 cm³/mol. The first-order valence-corrected chi connectivity index (χ1v) is 4.88. The van der Waals surface area contributed by atoms with Crippen molar-refractivity contribution in [1.82, 2.24) is 0 Å². The molecule has 0 bridgehead atoms. The Kier molecular flexibility index (Phi) is 3.55. The molecule has 2 aliphatic heterocycles. The van der Waals surface area contributed by atoms with Gasteiger partial charge in [-0.3, -0.25) is 0 Å². The molecule has 0 radical (unpaired) electrons. The number of hydrogen-bond acceptors (Lipinski definition) is 4. The SMILES string of the molecule is C1COC(CCOC2COC2)OC1. The maximum atomic E-state index is 5.50. The molecule has 4 nitrogen and oxygen atoms in total. The molecular weight excluding hydrogens is 172 g/mol. The molecule has 2 aliphatic rings. The lowest BCUT2D eigenvalue weighted by Gasteiger charge is -2.28. The summed E-state index contributed by atoms with van der Waals surface area (Å²) < 4.78 is 21.2. The van der Waals surface area contributed by atoms with E-state index in [9.17, 15) is 0 Å². The van der Waals surface area contributed by atoms with Crippen molar-refractivity contribution in [3.8, 4) is 0 Å². The summed E-state index contributed by atoms with van der Waals surface area (Å²) in [5.74, 6) is 0. The van der Waals surface area contributed by atoms with E-state index in [1.54, 1.807) is 0 Å². The van der Waals surface area contributed by atoms with Crippen molar-refractivity contribution in [2.75, 3.05) is 33.0 Å². The van der Waals surface area contributed by atoms with Crippen LogP contribution < -0.4 is 0 Å². The molecule has 2 heterocycles. The van der Waals surface area contributed by atoms with E-state index in [1.807, 2.05) is 0 Å². The van der Waals surface area contributed by atoms with Crippen LogP contribution in [0.4, 0.5) is 0 Å². The van der Waals surface area contributed by atoms with Crippen LogP contribution in [0.5, 0.6) is 0 Å². The van der Waals surface area contributed by atoms with Crippen LogP contribution in [0.1, 0.15) is 12.8 Å². The van der Waals surface area contributed by atoms with Crippen LogP contribution in [0.25, 0.3) is 0 Å². The fourth-order valence-corrected chi connectivity index (χ4v) is 1.34. The molecule has 13 heavy (non-hydrogen) atoms. The Balaban J connectivity index is 1.50. The Hall–Kier alpha value is -0.160. The minimum atomic E-state index is -0.0465. The van der Waals surface area contributed by atoms with Crippen molar-refractivity contribution in [2.24, 2.45) is 0 Å². The Morgan fingerprint density at radius 1 is 1.15 bits per heavy atom. The third-order valence-corrected chi connectivity index (χ3v) is 2.21. The van der Waals surface area contributed by atoms with Gasteiger partial charge >= 0.3 is 0 Å². The second-order valence-electron chi connectivity index (χ2n) is 3.34. The van der Waals surface area contributed by atoms with Gasteiger partial charge in [-0.15, -0.1) is 0 Å². The van der Waals surface area contributed by atoms with Crippen LogP contribution in [-0.2, 0) is 18.9 Å². The predicted octanol–water partition coefficient (Wildman–Crippen LogP) is 0.555. The summed E-state index contributed by atoms with van der Waals surface area (Å²) in [5, 5.41) is 0. The van der Waals surface area contributed by atoms with Crippen LogP contribution >= 0.6 is 0 Å². The molecule has 76 valence electrons. The molecule has 0 unspecified atom stereocenters. The van der Waals surface area contributed by atoms with E-state index in [1.165, 1.54) is 0 Å². The monoisotopic (exact) mass is 188 g/mol. The summed E-state index contributed by atoms with van der Waals surface area (Å²) in [4.78, 5) is 0. The largest absolute Gasteiger partial charge is 0.376 e. The molecule has 0 aliphatic carbocycles. The van der Waals surface area contributed by atoms with E-state index in [-0.39, 0.29) is 6.29 Å². The van der Waals surface area contributed by atoms with E-state index in [4.69, 9.17) is 18.9 Å². The number of ether oxygens (including phenoxy) is 4. The average molecular weight is 188 g/mol. The molecule has 0 N–H and O–H groups in total. The first kappa shape index (κ1) is 9.40. The highest BCUT2D eigenvalue weighted by Crippen LogP contribution is 2.11. The maximum Gasteiger partial charge on any atom is 0.159 e. The lowest BCUT2D eigenvalue weighted by molar-refractivity contribution is -0.196. The highest BCUT2D eigenvalue weighted by molar-refractivity contribution is 4.64. The lowest BCUT2D eigenvalue weighted by Crippen LogP contribution is -2.37. The Morgan fingerprint density at radius 2 is 1.92 bits per heavy atom. The highest BCUT2D eigenvalue weighted by atomic mass is 16.7. The molecule has 0 amide bonds. The van der Waals surface area contributed by atoms with Gasteiger partial charge in [-0.2, -0.15) is 0 Å². The molecule has 0 aromatic heterocycles. The fourth-order valence-electron chi connectivity index (χ4n) is 1.34. The van der Waals surface area contributed by atoms with Crippen molar-refractivity contribution in [1.29, 1.82) is 0 Å². The fraction of sp³-hybridized carbons (Fsp3) is 1.00. The van der Waals surface area contributed by atoms with Crippen LogP contribution in [0.3, 0.4) is 0 Å². The summed E-state index contributed by atoms with van der Waals surface area (Å²) >= 11 is 0. The van der Waals surface area contributed by atoms with Crippen molar-refractivity contribution in [3.63, 3.8) is 0 Å². The van der Waals surface area contributed by atoms with Gasteiger partial charge in [0.25, 0.3) is 0 Å². The van der Waals surface area contributed by atoms with Gasteiger partial charge in [-0.1, -0.05) is 0 Å². The van der Waals surface area contributed by atoms with E-state index >= 15 is 0 Å². The molecule has 4 heteroatoms. The van der Waals surface area contributed by atoms with Crippen molar-refractivity contribution >= 4 is 0 Å². The van der Waals surface area contributed by atoms with Crippen LogP contribution in [0.15, 0.2) is 0 Å². The summed E-state index contributed by atoms with van der Waals surface area (Å²) in [6.07, 6.45) is 2.10. The van der Waals surface area contributed by atoms with Crippen LogP contribution in [0.2, 0.25) is 0 Å². The molecule has 0 aromatic carbocycles. The zero-order valence-corrected chi connectivity index (χ0v) is 7.74. The molecule has 2 fully saturated rings. The van der Waals surface area contributed by atoms with Crippen molar-refractivity contribution in [2.45, 2.75) is 25.2 Å². The second-order valence-corrected chi connectivity index (χ2v) is 3.34. The smallest absolute Gasteiger partial charge is 0.159 e. The van der Waals surface area contributed by atoms with Gasteiger partial charge < -0.3 is 18.9 Å². The molecule has 0 aromatic rings. The summed E-state index contributed by atoms with van der Waals surface area (Å²) in [6.45, 7) is 3.83. The van der Waals surface area contributed by atoms with Crippen LogP contribution in [-0.4, -0.2) is 45.4 Å². The van der Waals surface area contributed by atoms with Gasteiger partial charge in [0.2, 0.25) is 0 Å². The van der Waals surface area contributed by atoms with Gasteiger partial charge in [0.1, 0.15) is 6.10 Å². The molecule has 2 saturated heterocycles. The highest BCUT2D eigenvalue weighted by Gasteiger charge is 2.20. The topological polar surface area (TPSA) is 36.9 Å². The van der Waals surface area contributed by atoms with Crippen LogP contribution in [0, 0.1) is 0 Å². The third kappa shape index (κ3) is 2.91. The summed E-state index contributed by atoms with van der Waals surface area (Å²) in [6, 6.07) is 0. The molecule has 0 atom stereocenters. The van der Waals surface area contributed by atoms with Crippen molar-refractivity contribution in [3.05, 3.63) is 0 Å². The quantitative estimate of drug-likeness (QED) is 0.645. The van der Waals surface area contributed by atoms with Gasteiger partial charge in [-0.05, 0) is 6.42 Å². The Labute approximate surface area is 78.1 Å². The second kappa shape index (κ2) is 4.91. The molecular formula is C9H16O4. The molecule has 0 spiro atoms. The Bertz CT molecular complexity index is 141. The minimum absolute atomic E-state index is 0.0465. The zero-order valence-electron chi connectivity index (χ0n) is 7.74. The normalized spacial score (nSPS) is 25.8. The van der Waals surface area contributed by atoms with Gasteiger partial charge in [-0.25, -0.2) is 0 Å². The number of hydrogen-bond donors (Lipinski definition) is 0. The number of rotatable bonds is 4. The van der Waals surface area contributed by atoms with Gasteiger partial charge in [0.05, 0.1) is 33.0 Å². The average Bonchev–Trinajstić information content (AvgIpc) is 2.11. The molecule has 0 saturated carbocycles. The van der Waals surface area contributed by atoms with E-state index in [2.05, 4.69) is 0 Å². The molecule has 2 rings (SSSR count). The Morgan fingerprint density at radius 3 is 2.54 bits per heavy atom. The minimum Gasteiger partial charge on any atom is -0.376 e.